The van der Waals surface area contributed by atoms with Crippen LogP contribution >= 0.6 is 35.3 Å². The first kappa shape index (κ1) is 10.1. The molecule has 1 aliphatic heterocycles. The fraction of sp³-hybridized carbons (Fsp3) is 0.100. The summed E-state index contributed by atoms with van der Waals surface area (Å²) < 4.78 is 0.639. The standard InChI is InChI=1S/C10H9NS3/c1-7-11-8-4-2-3-5-9(8)14(7)6-10(12)13/h2-6H,1H3,(H,12,13). The smallest absolute Gasteiger partial charge is 0.0773 e. The molecule has 2 rings (SSSR count). The van der Waals surface area contributed by atoms with Gasteiger partial charge in [-0.05, 0) is 24.4 Å². The molecule has 1 aromatic carbocycles. The Hall–Kier alpha value is -0.450. The molecule has 0 saturated carbocycles. The molecule has 14 heavy (non-hydrogen) atoms. The van der Waals surface area contributed by atoms with Gasteiger partial charge in [0, 0.05) is 4.90 Å². The molecule has 0 aromatic heterocycles. The highest BCUT2D eigenvalue weighted by Gasteiger charge is 2.15. The van der Waals surface area contributed by atoms with Gasteiger partial charge in [0.05, 0.1) is 14.9 Å². The average molecular weight is 239 g/mol. The zero-order valence-corrected chi connectivity index (χ0v) is 10.1. The summed E-state index contributed by atoms with van der Waals surface area (Å²) in [4.78, 5) is 5.74. The second-order valence-corrected chi connectivity index (χ2v) is 6.06. The molecule has 1 aliphatic rings. The lowest BCUT2D eigenvalue weighted by Gasteiger charge is -2.01. The van der Waals surface area contributed by atoms with Crippen LogP contribution in [-0.2, 0) is 0 Å². The van der Waals surface area contributed by atoms with Crippen molar-refractivity contribution in [3.8, 4) is 0 Å². The van der Waals surface area contributed by atoms with Gasteiger partial charge in [-0.25, -0.2) is 4.99 Å². The third kappa shape index (κ3) is 1.82. The molecule has 0 fully saturated rings. The number of benzene rings is 1. The van der Waals surface area contributed by atoms with Crippen LogP contribution in [0.5, 0.6) is 0 Å². The summed E-state index contributed by atoms with van der Waals surface area (Å²) in [6.07, 6.45) is 0. The van der Waals surface area contributed by atoms with Gasteiger partial charge in [0.2, 0.25) is 0 Å². The Bertz CT molecular complexity index is 460. The Morgan fingerprint density at radius 1 is 1.50 bits per heavy atom. The van der Waals surface area contributed by atoms with Crippen LogP contribution in [0.1, 0.15) is 6.92 Å². The van der Waals surface area contributed by atoms with E-state index in [0.29, 0.717) is 4.20 Å². The Labute approximate surface area is 96.6 Å². The molecule has 1 aromatic rings. The Morgan fingerprint density at radius 2 is 2.21 bits per heavy atom. The number of fused-ring (bicyclic) bond motifs is 1. The maximum atomic E-state index is 4.97. The maximum Gasteiger partial charge on any atom is 0.0773 e. The summed E-state index contributed by atoms with van der Waals surface area (Å²) in [6, 6.07) is 8.16. The molecule has 1 nitrogen and oxygen atoms in total. The van der Waals surface area contributed by atoms with E-state index in [9.17, 15) is 0 Å². The minimum Gasteiger partial charge on any atom is -0.246 e. The topological polar surface area (TPSA) is 12.4 Å². The molecule has 1 atom stereocenters. The molecular weight excluding hydrogens is 230 g/mol. The quantitative estimate of drug-likeness (QED) is 0.585. The number of thiocarbonyl (C=S) groups is 1. The van der Waals surface area contributed by atoms with Gasteiger partial charge in [-0.1, -0.05) is 24.4 Å². The van der Waals surface area contributed by atoms with Gasteiger partial charge >= 0.3 is 0 Å². The lowest BCUT2D eigenvalue weighted by atomic mass is 10.3. The molecule has 1 unspecified atom stereocenters. The van der Waals surface area contributed by atoms with Crippen molar-refractivity contribution in [2.24, 2.45) is 4.99 Å². The molecule has 72 valence electrons. The Morgan fingerprint density at radius 3 is 2.93 bits per heavy atom. The van der Waals surface area contributed by atoms with Gasteiger partial charge in [0.15, 0.2) is 0 Å². The highest BCUT2D eigenvalue weighted by molar-refractivity contribution is 8.31. The number of aliphatic imine (C=N–C) groups is 1. The first-order valence-electron chi connectivity index (χ1n) is 4.13. The summed E-state index contributed by atoms with van der Waals surface area (Å²) in [6.45, 7) is 2.03. The van der Waals surface area contributed by atoms with E-state index < -0.39 is 0 Å². The summed E-state index contributed by atoms with van der Waals surface area (Å²) in [7, 11) is -0.0697. The molecule has 0 aliphatic carbocycles. The largest absolute Gasteiger partial charge is 0.246 e. The molecular formula is C10H9NS3. The van der Waals surface area contributed by atoms with Gasteiger partial charge in [-0.3, -0.25) is 0 Å². The van der Waals surface area contributed by atoms with E-state index in [1.165, 1.54) is 4.90 Å². The number of thiol groups is 1. The van der Waals surface area contributed by atoms with Crippen LogP contribution in [0, 0.1) is 0 Å². The zero-order chi connectivity index (χ0) is 10.1. The third-order valence-corrected chi connectivity index (χ3v) is 4.51. The number of hydrogen-bond acceptors (Lipinski definition) is 2. The molecule has 0 bridgehead atoms. The monoisotopic (exact) mass is 239 g/mol. The van der Waals surface area contributed by atoms with Crippen LogP contribution in [0.25, 0.3) is 0 Å². The van der Waals surface area contributed by atoms with Crippen LogP contribution < -0.4 is 0 Å². The van der Waals surface area contributed by atoms with Gasteiger partial charge < -0.3 is 0 Å². The van der Waals surface area contributed by atoms with Crippen molar-refractivity contribution in [2.45, 2.75) is 11.8 Å². The highest BCUT2D eigenvalue weighted by Crippen LogP contribution is 2.42. The summed E-state index contributed by atoms with van der Waals surface area (Å²) >= 11 is 9.11. The van der Waals surface area contributed by atoms with E-state index in [1.807, 2.05) is 30.5 Å². The lowest BCUT2D eigenvalue weighted by Crippen LogP contribution is -1.89. The third-order valence-electron chi connectivity index (χ3n) is 1.92. The second-order valence-electron chi connectivity index (χ2n) is 2.89. The van der Waals surface area contributed by atoms with E-state index in [2.05, 4.69) is 23.7 Å². The SMILES string of the molecule is CC1=Nc2ccccc2S1=CC(=S)S. The van der Waals surface area contributed by atoms with Crippen molar-refractivity contribution in [1.29, 1.82) is 0 Å². The van der Waals surface area contributed by atoms with Gasteiger partial charge in [-0.15, -0.1) is 23.1 Å². The Kier molecular flexibility index (Phi) is 2.85. The van der Waals surface area contributed by atoms with Crippen LogP contribution in [0.3, 0.4) is 0 Å². The minimum absolute atomic E-state index is 0.0697. The molecule has 0 saturated heterocycles. The van der Waals surface area contributed by atoms with Crippen molar-refractivity contribution in [3.05, 3.63) is 24.3 Å². The molecule has 0 spiro atoms. The number of rotatable bonds is 1. The predicted octanol–water partition coefficient (Wildman–Crippen LogP) is 3.44. The molecule has 0 amide bonds. The predicted molar refractivity (Wildman–Crippen MR) is 72.7 cm³/mol. The first-order valence-corrected chi connectivity index (χ1v) is 6.28. The van der Waals surface area contributed by atoms with Crippen molar-refractivity contribution in [1.82, 2.24) is 0 Å². The van der Waals surface area contributed by atoms with E-state index in [4.69, 9.17) is 12.2 Å². The molecule has 0 N–H and O–H groups in total. The highest BCUT2D eigenvalue weighted by atomic mass is 32.2. The molecule has 1 heterocycles. The van der Waals surface area contributed by atoms with E-state index in [1.54, 1.807) is 0 Å². The van der Waals surface area contributed by atoms with Crippen molar-refractivity contribution in [3.63, 3.8) is 0 Å². The van der Waals surface area contributed by atoms with Crippen molar-refractivity contribution >= 4 is 55.6 Å². The van der Waals surface area contributed by atoms with Gasteiger partial charge in [0.1, 0.15) is 0 Å². The maximum absolute atomic E-state index is 4.97. The average Bonchev–Trinajstić information content (AvgIpc) is 2.43. The van der Waals surface area contributed by atoms with Gasteiger partial charge in [-0.2, -0.15) is 0 Å². The van der Waals surface area contributed by atoms with Crippen LogP contribution in [0.4, 0.5) is 5.69 Å². The van der Waals surface area contributed by atoms with Crippen LogP contribution in [0.2, 0.25) is 0 Å². The lowest BCUT2D eigenvalue weighted by molar-refractivity contribution is 1.40. The minimum atomic E-state index is -0.0697. The summed E-state index contributed by atoms with van der Waals surface area (Å²) in [5.74, 6) is 0. The summed E-state index contributed by atoms with van der Waals surface area (Å²) in [5.41, 5.74) is 1.06. The number of nitrogens with zero attached hydrogens (tertiary/aromatic N) is 1. The number of hydrogen-bond donors (Lipinski definition) is 1. The van der Waals surface area contributed by atoms with E-state index in [0.717, 1.165) is 10.7 Å². The zero-order valence-electron chi connectivity index (χ0n) is 7.60. The van der Waals surface area contributed by atoms with E-state index in [-0.39, 0.29) is 10.5 Å². The fourth-order valence-corrected chi connectivity index (χ4v) is 3.55. The van der Waals surface area contributed by atoms with E-state index >= 15 is 0 Å². The van der Waals surface area contributed by atoms with Crippen LogP contribution in [0.15, 0.2) is 34.2 Å². The number of para-hydroxylation sites is 1. The first-order chi connectivity index (χ1) is 6.68. The molecule has 0 radical (unpaired) electrons. The fourth-order valence-electron chi connectivity index (χ4n) is 1.36. The van der Waals surface area contributed by atoms with Gasteiger partial charge in [0.25, 0.3) is 0 Å². The molecule has 4 heteroatoms. The van der Waals surface area contributed by atoms with Crippen LogP contribution in [-0.4, -0.2) is 14.6 Å². The normalized spacial score (nSPS) is 19.3. The second kappa shape index (κ2) is 3.96. The summed E-state index contributed by atoms with van der Waals surface area (Å²) in [5, 5.41) is 3.10. The van der Waals surface area contributed by atoms with Crippen molar-refractivity contribution in [2.75, 3.05) is 0 Å². The Balaban J connectivity index is 2.57. The van der Waals surface area contributed by atoms with Crippen molar-refractivity contribution < 1.29 is 0 Å².